The van der Waals surface area contributed by atoms with Gasteiger partial charge in [0.2, 0.25) is 15.9 Å². The second-order valence-electron chi connectivity index (χ2n) is 8.35. The fourth-order valence-electron chi connectivity index (χ4n) is 4.31. The van der Waals surface area contributed by atoms with Crippen molar-refractivity contribution >= 4 is 50.5 Å². The van der Waals surface area contributed by atoms with Crippen LogP contribution in [-0.2, 0) is 26.0 Å². The van der Waals surface area contributed by atoms with E-state index in [9.17, 15) is 17.6 Å². The number of carbonyl (C=O) groups is 1. The molecule has 6 nitrogen and oxygen atoms in total. The maximum absolute atomic E-state index is 13.7. The molecule has 2 heterocycles. The van der Waals surface area contributed by atoms with Crippen molar-refractivity contribution in [2.45, 2.75) is 23.8 Å². The van der Waals surface area contributed by atoms with Gasteiger partial charge in [-0.3, -0.25) is 4.79 Å². The first kappa shape index (κ1) is 27.0. The number of halogens is 3. The Labute approximate surface area is 224 Å². The van der Waals surface area contributed by atoms with Gasteiger partial charge in [0.15, 0.2) is 0 Å². The number of benzene rings is 2. The summed E-state index contributed by atoms with van der Waals surface area (Å²) in [6.45, 7) is 0.414. The summed E-state index contributed by atoms with van der Waals surface area (Å²) >= 11 is 13.9. The van der Waals surface area contributed by atoms with Gasteiger partial charge in [-0.05, 0) is 65.7 Å². The Hall–Kier alpha value is -2.01. The zero-order valence-electron chi connectivity index (χ0n) is 19.5. The molecule has 1 aromatic heterocycles. The first-order valence-electron chi connectivity index (χ1n) is 11.3. The lowest BCUT2D eigenvalue weighted by atomic mass is 9.93. The van der Waals surface area contributed by atoms with Gasteiger partial charge in [0.25, 0.3) is 0 Å². The predicted octanol–water partition coefficient (Wildman–Crippen LogP) is 5.40. The third-order valence-electron chi connectivity index (χ3n) is 6.05. The summed E-state index contributed by atoms with van der Waals surface area (Å²) in [6.07, 6.45) is 1.05. The van der Waals surface area contributed by atoms with E-state index in [0.29, 0.717) is 26.0 Å². The van der Waals surface area contributed by atoms with Crippen molar-refractivity contribution < 1.29 is 22.3 Å². The predicted molar refractivity (Wildman–Crippen MR) is 140 cm³/mol. The lowest BCUT2D eigenvalue weighted by Gasteiger charge is -2.37. The van der Waals surface area contributed by atoms with Crippen LogP contribution in [0.1, 0.15) is 28.5 Å². The Morgan fingerprint density at radius 2 is 1.94 bits per heavy atom. The number of ether oxygens (including phenoxy) is 1. The number of sulfonamides is 1. The van der Waals surface area contributed by atoms with Crippen LogP contribution in [0.25, 0.3) is 0 Å². The third-order valence-corrected chi connectivity index (χ3v) is 9.61. The van der Waals surface area contributed by atoms with Gasteiger partial charge in [-0.15, -0.1) is 11.3 Å². The molecule has 1 atom stereocenters. The first-order chi connectivity index (χ1) is 17.2. The SMILES string of the molecule is COCCCN(CC(=O)N1CCc2sccc2C1c1ccc(F)cc1)S(=O)(=O)c1cc(Cl)ccc1Cl. The highest BCUT2D eigenvalue weighted by Gasteiger charge is 2.36. The van der Waals surface area contributed by atoms with E-state index in [1.807, 2.05) is 11.4 Å². The molecule has 0 N–H and O–H groups in total. The summed E-state index contributed by atoms with van der Waals surface area (Å²) in [6, 6.07) is 11.8. The van der Waals surface area contributed by atoms with Crippen molar-refractivity contribution in [3.05, 3.63) is 85.8 Å². The van der Waals surface area contributed by atoms with Crippen LogP contribution in [0.3, 0.4) is 0 Å². The van der Waals surface area contributed by atoms with E-state index < -0.39 is 16.1 Å². The summed E-state index contributed by atoms with van der Waals surface area (Å²) in [7, 11) is -2.61. The number of hydrogen-bond donors (Lipinski definition) is 0. The molecule has 0 saturated carbocycles. The molecule has 36 heavy (non-hydrogen) atoms. The number of thiophene rings is 1. The number of methoxy groups -OCH3 is 1. The number of nitrogens with zero attached hydrogens (tertiary/aromatic N) is 2. The smallest absolute Gasteiger partial charge is 0.245 e. The maximum atomic E-state index is 13.7. The summed E-state index contributed by atoms with van der Waals surface area (Å²) in [5.41, 5.74) is 1.73. The topological polar surface area (TPSA) is 66.9 Å². The van der Waals surface area contributed by atoms with Crippen LogP contribution in [0.5, 0.6) is 0 Å². The molecule has 192 valence electrons. The molecule has 3 aromatic rings. The second kappa shape index (κ2) is 11.6. The van der Waals surface area contributed by atoms with Crippen LogP contribution in [0.2, 0.25) is 10.0 Å². The molecule has 0 radical (unpaired) electrons. The molecule has 11 heteroatoms. The molecule has 1 amide bonds. The number of rotatable bonds is 9. The molecular formula is C25H25Cl2FN2O4S2. The highest BCUT2D eigenvalue weighted by molar-refractivity contribution is 7.89. The number of amides is 1. The van der Waals surface area contributed by atoms with Gasteiger partial charge >= 0.3 is 0 Å². The third kappa shape index (κ3) is 5.77. The van der Waals surface area contributed by atoms with Gasteiger partial charge in [-0.1, -0.05) is 35.3 Å². The van der Waals surface area contributed by atoms with E-state index in [-0.39, 0.29) is 39.8 Å². The molecule has 1 aliphatic rings. The monoisotopic (exact) mass is 570 g/mol. The van der Waals surface area contributed by atoms with E-state index in [2.05, 4.69) is 0 Å². The van der Waals surface area contributed by atoms with Gasteiger partial charge in [-0.25, -0.2) is 12.8 Å². The largest absolute Gasteiger partial charge is 0.385 e. The van der Waals surface area contributed by atoms with E-state index in [4.69, 9.17) is 27.9 Å². The molecular weight excluding hydrogens is 546 g/mol. The number of hydrogen-bond acceptors (Lipinski definition) is 5. The van der Waals surface area contributed by atoms with Crippen molar-refractivity contribution in [1.29, 1.82) is 0 Å². The van der Waals surface area contributed by atoms with Crippen LogP contribution >= 0.6 is 34.5 Å². The van der Waals surface area contributed by atoms with Crippen molar-refractivity contribution in [3.63, 3.8) is 0 Å². The number of carbonyl (C=O) groups excluding carboxylic acids is 1. The Bertz CT molecular complexity index is 1330. The molecule has 0 saturated heterocycles. The number of fused-ring (bicyclic) bond motifs is 1. The minimum Gasteiger partial charge on any atom is -0.385 e. The maximum Gasteiger partial charge on any atom is 0.245 e. The van der Waals surface area contributed by atoms with Crippen LogP contribution in [0.4, 0.5) is 4.39 Å². The summed E-state index contributed by atoms with van der Waals surface area (Å²) in [5, 5.41) is 2.21. The average Bonchev–Trinajstić information content (AvgIpc) is 3.34. The quantitative estimate of drug-likeness (QED) is 0.323. The van der Waals surface area contributed by atoms with Crippen LogP contribution in [-0.4, -0.2) is 56.9 Å². The Kier molecular flexibility index (Phi) is 8.70. The Balaban J connectivity index is 1.67. The molecule has 0 fully saturated rings. The van der Waals surface area contributed by atoms with Crippen molar-refractivity contribution in [1.82, 2.24) is 9.21 Å². The summed E-state index contributed by atoms with van der Waals surface area (Å²) in [5.74, 6) is -0.730. The zero-order valence-corrected chi connectivity index (χ0v) is 22.6. The Morgan fingerprint density at radius 3 is 2.67 bits per heavy atom. The minimum atomic E-state index is -4.14. The fourth-order valence-corrected chi connectivity index (χ4v) is 7.38. The van der Waals surface area contributed by atoms with Crippen molar-refractivity contribution in [2.24, 2.45) is 0 Å². The summed E-state index contributed by atoms with van der Waals surface area (Å²) in [4.78, 5) is 16.4. The zero-order chi connectivity index (χ0) is 25.9. The normalized spacial score (nSPS) is 15.8. The minimum absolute atomic E-state index is 0.0219. The van der Waals surface area contributed by atoms with Crippen LogP contribution < -0.4 is 0 Å². The van der Waals surface area contributed by atoms with E-state index in [1.54, 1.807) is 28.4 Å². The van der Waals surface area contributed by atoms with Crippen molar-refractivity contribution in [2.75, 3.05) is 33.4 Å². The van der Waals surface area contributed by atoms with Crippen molar-refractivity contribution in [3.8, 4) is 0 Å². The average molecular weight is 572 g/mol. The Morgan fingerprint density at radius 1 is 1.19 bits per heavy atom. The van der Waals surface area contributed by atoms with Gasteiger partial charge in [0, 0.05) is 36.7 Å². The van der Waals surface area contributed by atoms with E-state index >= 15 is 0 Å². The van der Waals surface area contributed by atoms with Crippen LogP contribution in [0, 0.1) is 5.82 Å². The lowest BCUT2D eigenvalue weighted by molar-refractivity contribution is -0.133. The molecule has 4 rings (SSSR count). The molecule has 1 aliphatic heterocycles. The fraction of sp³-hybridized carbons (Fsp3) is 0.320. The molecule has 0 spiro atoms. The highest BCUT2D eigenvalue weighted by Crippen LogP contribution is 2.38. The van der Waals surface area contributed by atoms with Gasteiger partial charge in [-0.2, -0.15) is 4.31 Å². The van der Waals surface area contributed by atoms with Gasteiger partial charge < -0.3 is 9.64 Å². The molecule has 0 bridgehead atoms. The second-order valence-corrected chi connectivity index (χ2v) is 12.1. The highest BCUT2D eigenvalue weighted by atomic mass is 35.5. The lowest BCUT2D eigenvalue weighted by Crippen LogP contribution is -2.47. The first-order valence-corrected chi connectivity index (χ1v) is 14.3. The van der Waals surface area contributed by atoms with E-state index in [1.165, 1.54) is 37.4 Å². The standard InChI is InChI=1S/C25H25Cl2FN2O4S2/c1-34-13-2-11-29(36(32,33)23-15-18(26)5-8-21(23)27)16-24(31)30-12-9-22-20(10-14-35-22)25(30)17-3-6-19(28)7-4-17/h3-8,10,14-15,25H,2,9,11-13,16H2,1H3. The van der Waals surface area contributed by atoms with Gasteiger partial charge in [0.1, 0.15) is 10.7 Å². The molecule has 2 aromatic carbocycles. The molecule has 1 unspecified atom stereocenters. The van der Waals surface area contributed by atoms with Gasteiger partial charge in [0.05, 0.1) is 17.6 Å². The summed E-state index contributed by atoms with van der Waals surface area (Å²) < 4.78 is 47.0. The van der Waals surface area contributed by atoms with E-state index in [0.717, 1.165) is 20.3 Å². The van der Waals surface area contributed by atoms with Crippen LogP contribution in [0.15, 0.2) is 58.8 Å². The molecule has 0 aliphatic carbocycles.